The summed E-state index contributed by atoms with van der Waals surface area (Å²) in [5.74, 6) is 0.701. The van der Waals surface area contributed by atoms with Crippen molar-refractivity contribution in [3.05, 3.63) is 23.7 Å². The Morgan fingerprint density at radius 1 is 1.67 bits per heavy atom. The van der Waals surface area contributed by atoms with Crippen molar-refractivity contribution in [1.82, 2.24) is 5.32 Å². The Kier molecular flexibility index (Phi) is 4.88. The molecule has 0 saturated carbocycles. The van der Waals surface area contributed by atoms with E-state index in [2.05, 4.69) is 21.2 Å². The minimum absolute atomic E-state index is 0.0472. The van der Waals surface area contributed by atoms with Crippen LogP contribution in [-0.4, -0.2) is 17.3 Å². The lowest BCUT2D eigenvalue weighted by Gasteiger charge is -2.11. The van der Waals surface area contributed by atoms with Gasteiger partial charge in [-0.2, -0.15) is 0 Å². The second kappa shape index (κ2) is 5.95. The Balaban J connectivity index is 2.61. The lowest BCUT2D eigenvalue weighted by atomic mass is 10.2. The van der Waals surface area contributed by atoms with Gasteiger partial charge in [-0.05, 0) is 19.4 Å². The van der Waals surface area contributed by atoms with E-state index in [1.807, 2.05) is 13.8 Å². The summed E-state index contributed by atoms with van der Waals surface area (Å²) >= 11 is 3.35. The van der Waals surface area contributed by atoms with E-state index >= 15 is 0 Å². The summed E-state index contributed by atoms with van der Waals surface area (Å²) in [7, 11) is 0. The second-order valence-corrected chi connectivity index (χ2v) is 4.26. The molecule has 0 aliphatic heterocycles. The van der Waals surface area contributed by atoms with Crippen molar-refractivity contribution in [2.24, 2.45) is 0 Å². The number of alkyl halides is 1. The third-order valence-electron chi connectivity index (χ3n) is 2.23. The molecule has 0 bridgehead atoms. The maximum absolute atomic E-state index is 11.8. The van der Waals surface area contributed by atoms with E-state index < -0.39 is 0 Å². The van der Waals surface area contributed by atoms with Crippen molar-refractivity contribution < 1.29 is 9.21 Å². The highest BCUT2D eigenvalue weighted by atomic mass is 79.9. The van der Waals surface area contributed by atoms with Crippen LogP contribution in [0.2, 0.25) is 0 Å². The number of carbonyl (C=O) groups excluding carboxylic acids is 1. The zero-order valence-electron chi connectivity index (χ0n) is 9.05. The molecule has 1 rings (SSSR count). The predicted molar refractivity (Wildman–Crippen MR) is 63.4 cm³/mol. The van der Waals surface area contributed by atoms with Crippen LogP contribution in [-0.2, 0) is 6.42 Å². The summed E-state index contributed by atoms with van der Waals surface area (Å²) in [4.78, 5) is 11.8. The lowest BCUT2D eigenvalue weighted by Crippen LogP contribution is -2.33. The largest absolute Gasteiger partial charge is 0.469 e. The molecule has 0 saturated heterocycles. The van der Waals surface area contributed by atoms with E-state index in [1.165, 1.54) is 0 Å². The molecule has 0 spiro atoms. The van der Waals surface area contributed by atoms with Gasteiger partial charge in [-0.25, -0.2) is 0 Å². The van der Waals surface area contributed by atoms with E-state index in [0.29, 0.717) is 5.56 Å². The van der Waals surface area contributed by atoms with E-state index in [4.69, 9.17) is 4.42 Å². The summed E-state index contributed by atoms with van der Waals surface area (Å²) in [6.45, 7) is 3.96. The number of carbonyl (C=O) groups is 1. The van der Waals surface area contributed by atoms with Crippen molar-refractivity contribution >= 4 is 21.8 Å². The smallest absolute Gasteiger partial charge is 0.255 e. The monoisotopic (exact) mass is 273 g/mol. The van der Waals surface area contributed by atoms with E-state index in [1.54, 1.807) is 12.3 Å². The summed E-state index contributed by atoms with van der Waals surface area (Å²) in [6, 6.07) is 1.89. The van der Waals surface area contributed by atoms with Gasteiger partial charge in [0.05, 0.1) is 11.8 Å². The van der Waals surface area contributed by atoms with Crippen molar-refractivity contribution in [3.63, 3.8) is 0 Å². The molecule has 1 aromatic rings. The maximum Gasteiger partial charge on any atom is 0.255 e. The molecule has 4 heteroatoms. The fraction of sp³-hybridized carbons (Fsp3) is 0.545. The van der Waals surface area contributed by atoms with Gasteiger partial charge in [-0.3, -0.25) is 4.79 Å². The first-order valence-electron chi connectivity index (χ1n) is 5.12. The molecule has 1 unspecified atom stereocenters. The van der Waals surface area contributed by atoms with Crippen molar-refractivity contribution in [3.8, 4) is 0 Å². The Morgan fingerprint density at radius 3 is 3.00 bits per heavy atom. The molecule has 0 aliphatic carbocycles. The first kappa shape index (κ1) is 12.3. The fourth-order valence-electron chi connectivity index (χ4n) is 1.35. The van der Waals surface area contributed by atoms with Crippen LogP contribution in [0.3, 0.4) is 0 Å². The fourth-order valence-corrected chi connectivity index (χ4v) is 2.04. The van der Waals surface area contributed by atoms with Crippen LogP contribution in [0, 0.1) is 0 Å². The number of hydrogen-bond donors (Lipinski definition) is 1. The van der Waals surface area contributed by atoms with Gasteiger partial charge in [-0.15, -0.1) is 0 Å². The first-order chi connectivity index (χ1) is 7.19. The zero-order chi connectivity index (χ0) is 11.3. The number of rotatable bonds is 5. The Bertz CT molecular complexity index is 322. The molecular weight excluding hydrogens is 258 g/mol. The number of furan rings is 1. The molecule has 0 aromatic carbocycles. The maximum atomic E-state index is 11.8. The molecule has 0 aliphatic rings. The quantitative estimate of drug-likeness (QED) is 0.839. The third kappa shape index (κ3) is 3.38. The average molecular weight is 274 g/mol. The van der Waals surface area contributed by atoms with Crippen LogP contribution in [0.15, 0.2) is 16.7 Å². The molecule has 84 valence electrons. The third-order valence-corrected chi connectivity index (χ3v) is 2.69. The van der Waals surface area contributed by atoms with Crippen molar-refractivity contribution in [1.29, 1.82) is 0 Å². The predicted octanol–water partition coefficient (Wildman–Crippen LogP) is 2.75. The normalized spacial score (nSPS) is 12.5. The van der Waals surface area contributed by atoms with E-state index in [0.717, 1.165) is 23.9 Å². The highest BCUT2D eigenvalue weighted by Gasteiger charge is 2.14. The first-order valence-corrected chi connectivity index (χ1v) is 6.24. The van der Waals surface area contributed by atoms with Gasteiger partial charge < -0.3 is 9.73 Å². The van der Waals surface area contributed by atoms with Gasteiger partial charge in [0.15, 0.2) is 0 Å². The standard InChI is InChI=1S/C11H16BrNO2/c1-3-10-9(5-7-15-10)11(14)13-8(2)4-6-12/h5,7-8H,3-4,6H2,1-2H3,(H,13,14). The van der Waals surface area contributed by atoms with Crippen LogP contribution in [0.4, 0.5) is 0 Å². The number of nitrogens with one attached hydrogen (secondary N) is 1. The summed E-state index contributed by atoms with van der Waals surface area (Å²) in [5, 5.41) is 3.82. The van der Waals surface area contributed by atoms with Crippen LogP contribution in [0.5, 0.6) is 0 Å². The van der Waals surface area contributed by atoms with Gasteiger partial charge in [0.1, 0.15) is 5.76 Å². The zero-order valence-corrected chi connectivity index (χ0v) is 10.6. The van der Waals surface area contributed by atoms with Crippen molar-refractivity contribution in [2.75, 3.05) is 5.33 Å². The molecule has 1 atom stereocenters. The van der Waals surface area contributed by atoms with Crippen LogP contribution < -0.4 is 5.32 Å². The highest BCUT2D eigenvalue weighted by Crippen LogP contribution is 2.11. The van der Waals surface area contributed by atoms with Gasteiger partial charge in [-0.1, -0.05) is 22.9 Å². The van der Waals surface area contributed by atoms with Gasteiger partial charge in [0.2, 0.25) is 0 Å². The Labute approximate surface area is 98.4 Å². The molecule has 1 aromatic heterocycles. The molecule has 0 radical (unpaired) electrons. The molecule has 1 amide bonds. The highest BCUT2D eigenvalue weighted by molar-refractivity contribution is 9.09. The summed E-state index contributed by atoms with van der Waals surface area (Å²) in [5.41, 5.74) is 0.652. The van der Waals surface area contributed by atoms with E-state index in [9.17, 15) is 4.79 Å². The summed E-state index contributed by atoms with van der Waals surface area (Å²) < 4.78 is 5.21. The lowest BCUT2D eigenvalue weighted by molar-refractivity contribution is 0.0937. The molecule has 1 heterocycles. The van der Waals surface area contributed by atoms with Crippen LogP contribution in [0.25, 0.3) is 0 Å². The Morgan fingerprint density at radius 2 is 2.40 bits per heavy atom. The molecule has 15 heavy (non-hydrogen) atoms. The SMILES string of the molecule is CCc1occc1C(=O)NC(C)CCBr. The van der Waals surface area contributed by atoms with Crippen molar-refractivity contribution in [2.45, 2.75) is 32.7 Å². The average Bonchev–Trinajstić information content (AvgIpc) is 2.65. The summed E-state index contributed by atoms with van der Waals surface area (Å²) in [6.07, 6.45) is 3.22. The van der Waals surface area contributed by atoms with Gasteiger partial charge in [0, 0.05) is 17.8 Å². The minimum atomic E-state index is -0.0472. The molecule has 0 fully saturated rings. The minimum Gasteiger partial charge on any atom is -0.469 e. The Hall–Kier alpha value is -0.770. The number of halogens is 1. The molecule has 3 nitrogen and oxygen atoms in total. The number of amides is 1. The van der Waals surface area contributed by atoms with Gasteiger partial charge >= 0.3 is 0 Å². The van der Waals surface area contributed by atoms with Crippen LogP contribution in [0.1, 0.15) is 36.4 Å². The van der Waals surface area contributed by atoms with Gasteiger partial charge in [0.25, 0.3) is 5.91 Å². The van der Waals surface area contributed by atoms with E-state index in [-0.39, 0.29) is 11.9 Å². The molecular formula is C11H16BrNO2. The second-order valence-electron chi connectivity index (χ2n) is 3.46. The number of aryl methyl sites for hydroxylation is 1. The van der Waals surface area contributed by atoms with Crippen LogP contribution >= 0.6 is 15.9 Å². The topological polar surface area (TPSA) is 42.2 Å². The molecule has 1 N–H and O–H groups in total. The number of hydrogen-bond acceptors (Lipinski definition) is 2.